The number of piperidine rings is 1. The Morgan fingerprint density at radius 3 is 2.52 bits per heavy atom. The highest BCUT2D eigenvalue weighted by Crippen LogP contribution is 2.30. The first-order valence-electron chi connectivity index (χ1n) is 9.46. The highest BCUT2D eigenvalue weighted by Gasteiger charge is 2.25. The van der Waals surface area contributed by atoms with Crippen molar-refractivity contribution < 1.29 is 9.59 Å². The van der Waals surface area contributed by atoms with Gasteiger partial charge in [0.2, 0.25) is 0 Å². The Hall–Kier alpha value is -2.70. The smallest absolute Gasteiger partial charge is 0.263 e. The third kappa shape index (κ3) is 4.66. The summed E-state index contributed by atoms with van der Waals surface area (Å²) < 4.78 is 0. The summed E-state index contributed by atoms with van der Waals surface area (Å²) in [6, 6.07) is 15.0. The van der Waals surface area contributed by atoms with E-state index < -0.39 is 0 Å². The monoisotopic (exact) mass is 425 g/mol. The van der Waals surface area contributed by atoms with Crippen LogP contribution >= 0.6 is 22.9 Å². The lowest BCUT2D eigenvalue weighted by molar-refractivity contribution is 0.0702. The maximum atomic E-state index is 12.9. The number of thiophene rings is 1. The molecule has 2 aromatic heterocycles. The van der Waals surface area contributed by atoms with Gasteiger partial charge in [-0.1, -0.05) is 23.7 Å². The average Bonchev–Trinajstić information content (AvgIpc) is 3.25. The number of halogens is 1. The second-order valence-corrected chi connectivity index (χ2v) is 8.47. The van der Waals surface area contributed by atoms with Gasteiger partial charge in [-0.05, 0) is 54.8 Å². The molecule has 0 aliphatic carbocycles. The minimum absolute atomic E-state index is 0.0484. The number of benzene rings is 1. The SMILES string of the molecule is O=C(NC1CCN(C(=O)c2ccc(-c3ccc(Cl)cc3)s2)CC1)c1cccnc1. The quantitative estimate of drug-likeness (QED) is 0.669. The van der Waals surface area contributed by atoms with E-state index in [1.165, 1.54) is 11.3 Å². The van der Waals surface area contributed by atoms with Crippen LogP contribution in [0.3, 0.4) is 0 Å². The van der Waals surface area contributed by atoms with E-state index in [1.54, 1.807) is 24.5 Å². The molecule has 1 saturated heterocycles. The van der Waals surface area contributed by atoms with E-state index in [-0.39, 0.29) is 17.9 Å². The first kappa shape index (κ1) is 19.6. The fraction of sp³-hybridized carbons (Fsp3) is 0.227. The minimum Gasteiger partial charge on any atom is -0.349 e. The Kier molecular flexibility index (Phi) is 5.92. The molecule has 4 rings (SSSR count). The van der Waals surface area contributed by atoms with Gasteiger partial charge < -0.3 is 10.2 Å². The van der Waals surface area contributed by atoms with Crippen LogP contribution in [0.1, 0.15) is 32.9 Å². The van der Waals surface area contributed by atoms with Gasteiger partial charge >= 0.3 is 0 Å². The molecule has 0 unspecified atom stereocenters. The predicted octanol–water partition coefficient (Wildman–Crippen LogP) is 4.50. The molecule has 0 atom stereocenters. The van der Waals surface area contributed by atoms with Crippen LogP contribution in [-0.4, -0.2) is 40.8 Å². The lowest BCUT2D eigenvalue weighted by atomic mass is 10.0. The summed E-state index contributed by atoms with van der Waals surface area (Å²) in [5, 5.41) is 3.73. The van der Waals surface area contributed by atoms with Crippen molar-refractivity contribution in [2.45, 2.75) is 18.9 Å². The average molecular weight is 426 g/mol. The van der Waals surface area contributed by atoms with Crippen LogP contribution in [0, 0.1) is 0 Å². The third-order valence-electron chi connectivity index (χ3n) is 4.99. The molecule has 1 N–H and O–H groups in total. The molecule has 7 heteroatoms. The zero-order chi connectivity index (χ0) is 20.2. The number of nitrogens with zero attached hydrogens (tertiary/aromatic N) is 2. The van der Waals surface area contributed by atoms with Crippen molar-refractivity contribution in [1.29, 1.82) is 0 Å². The van der Waals surface area contributed by atoms with Crippen molar-refractivity contribution >= 4 is 34.8 Å². The maximum absolute atomic E-state index is 12.9. The van der Waals surface area contributed by atoms with Crippen LogP contribution in [0.2, 0.25) is 5.02 Å². The molecule has 1 fully saturated rings. The summed E-state index contributed by atoms with van der Waals surface area (Å²) in [7, 11) is 0. The van der Waals surface area contributed by atoms with Crippen molar-refractivity contribution in [1.82, 2.24) is 15.2 Å². The van der Waals surface area contributed by atoms with Gasteiger partial charge in [0.1, 0.15) is 0 Å². The number of amides is 2. The van der Waals surface area contributed by atoms with Crippen molar-refractivity contribution in [3.8, 4) is 10.4 Å². The van der Waals surface area contributed by atoms with E-state index in [9.17, 15) is 9.59 Å². The second-order valence-electron chi connectivity index (χ2n) is 6.95. The molecule has 1 aliphatic rings. The number of pyridine rings is 1. The number of aromatic nitrogens is 1. The van der Waals surface area contributed by atoms with Gasteiger partial charge in [-0.25, -0.2) is 0 Å². The molecule has 29 heavy (non-hydrogen) atoms. The molecule has 148 valence electrons. The lowest BCUT2D eigenvalue weighted by Crippen LogP contribution is -2.46. The Bertz CT molecular complexity index is 996. The number of hydrogen-bond acceptors (Lipinski definition) is 4. The summed E-state index contributed by atoms with van der Waals surface area (Å²) in [6.07, 6.45) is 4.69. The van der Waals surface area contributed by atoms with Gasteiger partial charge in [0, 0.05) is 41.4 Å². The summed E-state index contributed by atoms with van der Waals surface area (Å²) in [5.41, 5.74) is 1.61. The molecule has 1 aliphatic heterocycles. The number of carbonyl (C=O) groups excluding carboxylic acids is 2. The van der Waals surface area contributed by atoms with Crippen LogP contribution in [0.15, 0.2) is 60.9 Å². The third-order valence-corrected chi connectivity index (χ3v) is 6.36. The van der Waals surface area contributed by atoms with Gasteiger partial charge in [0.15, 0.2) is 0 Å². The number of hydrogen-bond donors (Lipinski definition) is 1. The summed E-state index contributed by atoms with van der Waals surface area (Å²) in [5.74, 6) is -0.0685. The van der Waals surface area contributed by atoms with Crippen LogP contribution in [0.4, 0.5) is 0 Å². The van der Waals surface area contributed by atoms with Crippen molar-refractivity contribution in [2.75, 3.05) is 13.1 Å². The normalized spacial score (nSPS) is 14.6. The molecule has 0 bridgehead atoms. The summed E-state index contributed by atoms with van der Waals surface area (Å²) in [4.78, 5) is 32.8. The van der Waals surface area contributed by atoms with Crippen molar-refractivity contribution in [2.24, 2.45) is 0 Å². The first-order chi connectivity index (χ1) is 14.1. The van der Waals surface area contributed by atoms with Crippen LogP contribution in [-0.2, 0) is 0 Å². The van der Waals surface area contributed by atoms with E-state index >= 15 is 0 Å². The zero-order valence-corrected chi connectivity index (χ0v) is 17.2. The van der Waals surface area contributed by atoms with Gasteiger partial charge in [-0.2, -0.15) is 0 Å². The van der Waals surface area contributed by atoms with Crippen molar-refractivity contribution in [3.63, 3.8) is 0 Å². The summed E-state index contributed by atoms with van der Waals surface area (Å²) in [6.45, 7) is 1.26. The van der Waals surface area contributed by atoms with Crippen LogP contribution in [0.25, 0.3) is 10.4 Å². The number of likely N-dealkylation sites (tertiary alicyclic amines) is 1. The fourth-order valence-electron chi connectivity index (χ4n) is 3.37. The number of carbonyl (C=O) groups is 2. The Morgan fingerprint density at radius 2 is 1.83 bits per heavy atom. The van der Waals surface area contributed by atoms with Crippen LogP contribution in [0.5, 0.6) is 0 Å². The van der Waals surface area contributed by atoms with E-state index in [0.717, 1.165) is 28.2 Å². The highest BCUT2D eigenvalue weighted by atomic mass is 35.5. The molecule has 2 amide bonds. The molecule has 1 aromatic carbocycles. The molecular weight excluding hydrogens is 406 g/mol. The molecule has 5 nitrogen and oxygen atoms in total. The molecule has 0 spiro atoms. The first-order valence-corrected chi connectivity index (χ1v) is 10.7. The molecular formula is C22H20ClN3O2S. The number of nitrogens with one attached hydrogen (secondary N) is 1. The van der Waals surface area contributed by atoms with E-state index in [0.29, 0.717) is 23.7 Å². The fourth-order valence-corrected chi connectivity index (χ4v) is 4.48. The van der Waals surface area contributed by atoms with Gasteiger partial charge in [0.05, 0.1) is 10.4 Å². The Labute approximate surface area is 178 Å². The largest absolute Gasteiger partial charge is 0.349 e. The molecule has 3 aromatic rings. The van der Waals surface area contributed by atoms with Gasteiger partial charge in [-0.3, -0.25) is 14.6 Å². The molecule has 0 radical (unpaired) electrons. The topological polar surface area (TPSA) is 62.3 Å². The standard InChI is InChI=1S/C22H20ClN3O2S/c23-17-5-3-15(4-6-17)19-7-8-20(29-19)22(28)26-12-9-18(10-13-26)25-21(27)16-2-1-11-24-14-16/h1-8,11,14,18H,9-10,12-13H2,(H,25,27). The maximum Gasteiger partial charge on any atom is 0.263 e. The van der Waals surface area contributed by atoms with E-state index in [2.05, 4.69) is 10.3 Å². The predicted molar refractivity (Wildman–Crippen MR) is 115 cm³/mol. The van der Waals surface area contributed by atoms with Crippen LogP contribution < -0.4 is 5.32 Å². The van der Waals surface area contributed by atoms with E-state index in [1.807, 2.05) is 41.3 Å². The highest BCUT2D eigenvalue weighted by molar-refractivity contribution is 7.17. The van der Waals surface area contributed by atoms with Crippen molar-refractivity contribution in [3.05, 3.63) is 76.4 Å². The summed E-state index contributed by atoms with van der Waals surface area (Å²) >= 11 is 7.44. The van der Waals surface area contributed by atoms with E-state index in [4.69, 9.17) is 11.6 Å². The Balaban J connectivity index is 1.33. The van der Waals surface area contributed by atoms with Gasteiger partial charge in [0.25, 0.3) is 11.8 Å². The second kappa shape index (κ2) is 8.76. The molecule has 0 saturated carbocycles. The minimum atomic E-state index is -0.117. The number of rotatable bonds is 4. The van der Waals surface area contributed by atoms with Gasteiger partial charge in [-0.15, -0.1) is 11.3 Å². The zero-order valence-electron chi connectivity index (χ0n) is 15.7. The Morgan fingerprint density at radius 1 is 1.07 bits per heavy atom. The molecule has 3 heterocycles. The lowest BCUT2D eigenvalue weighted by Gasteiger charge is -2.32.